The van der Waals surface area contributed by atoms with E-state index in [0.717, 1.165) is 24.9 Å². The van der Waals surface area contributed by atoms with E-state index in [1.807, 2.05) is 0 Å². The van der Waals surface area contributed by atoms with Crippen molar-refractivity contribution < 1.29 is 0 Å². The number of nitrogens with two attached hydrogens (primary N) is 2. The predicted octanol–water partition coefficient (Wildman–Crippen LogP) is 3.05. The molecule has 4 unspecified atom stereocenters. The second-order valence-corrected chi connectivity index (χ2v) is 7.22. The van der Waals surface area contributed by atoms with E-state index in [0.29, 0.717) is 10.8 Å². The van der Waals surface area contributed by atoms with Crippen molar-refractivity contribution in [3.63, 3.8) is 0 Å². The van der Waals surface area contributed by atoms with Crippen molar-refractivity contribution in [2.75, 3.05) is 13.1 Å². The SMILES string of the molecule is NCCCC12CCC(C1)C1CCCC12CCCN. The van der Waals surface area contributed by atoms with Crippen molar-refractivity contribution in [2.45, 2.75) is 64.2 Å². The molecule has 4 atom stereocenters. The summed E-state index contributed by atoms with van der Waals surface area (Å²) in [5.74, 6) is 2.11. The van der Waals surface area contributed by atoms with Gasteiger partial charge in [0.2, 0.25) is 0 Å². The molecule has 104 valence electrons. The molecule has 18 heavy (non-hydrogen) atoms. The van der Waals surface area contributed by atoms with Crippen LogP contribution in [-0.2, 0) is 0 Å². The van der Waals surface area contributed by atoms with Crippen LogP contribution in [0, 0.1) is 22.7 Å². The molecule has 0 aromatic heterocycles. The van der Waals surface area contributed by atoms with Crippen molar-refractivity contribution in [1.29, 1.82) is 0 Å². The van der Waals surface area contributed by atoms with Crippen LogP contribution in [0.1, 0.15) is 64.2 Å². The fraction of sp³-hybridized carbons (Fsp3) is 1.00. The highest BCUT2D eigenvalue weighted by Gasteiger charge is 2.66. The molecule has 0 aliphatic heterocycles. The van der Waals surface area contributed by atoms with Gasteiger partial charge >= 0.3 is 0 Å². The van der Waals surface area contributed by atoms with Gasteiger partial charge in [-0.15, -0.1) is 0 Å². The first-order chi connectivity index (χ1) is 8.78. The Morgan fingerprint density at radius 1 is 0.944 bits per heavy atom. The molecule has 3 aliphatic carbocycles. The molecule has 3 fully saturated rings. The molecular weight excluding hydrogens is 220 g/mol. The van der Waals surface area contributed by atoms with E-state index in [4.69, 9.17) is 11.5 Å². The van der Waals surface area contributed by atoms with Crippen LogP contribution in [0.15, 0.2) is 0 Å². The van der Waals surface area contributed by atoms with Gasteiger partial charge in [-0.2, -0.15) is 0 Å². The number of rotatable bonds is 6. The molecule has 3 aliphatic rings. The predicted molar refractivity (Wildman–Crippen MR) is 76.1 cm³/mol. The van der Waals surface area contributed by atoms with E-state index >= 15 is 0 Å². The minimum absolute atomic E-state index is 0.674. The van der Waals surface area contributed by atoms with Gasteiger partial charge in [-0.25, -0.2) is 0 Å². The molecule has 4 N–H and O–H groups in total. The van der Waals surface area contributed by atoms with E-state index in [2.05, 4.69) is 0 Å². The van der Waals surface area contributed by atoms with Crippen LogP contribution in [0.3, 0.4) is 0 Å². The molecule has 0 amide bonds. The van der Waals surface area contributed by atoms with Crippen LogP contribution in [0.4, 0.5) is 0 Å². The smallest absolute Gasteiger partial charge is 0.00771 e. The van der Waals surface area contributed by atoms with Gasteiger partial charge in [0.05, 0.1) is 0 Å². The van der Waals surface area contributed by atoms with Crippen LogP contribution < -0.4 is 11.5 Å². The molecule has 0 heterocycles. The minimum atomic E-state index is 0.674. The maximum atomic E-state index is 5.81. The lowest BCUT2D eigenvalue weighted by Gasteiger charge is -2.49. The van der Waals surface area contributed by atoms with Crippen molar-refractivity contribution in [3.8, 4) is 0 Å². The molecule has 2 nitrogen and oxygen atoms in total. The van der Waals surface area contributed by atoms with Crippen LogP contribution in [0.5, 0.6) is 0 Å². The van der Waals surface area contributed by atoms with E-state index in [1.165, 1.54) is 64.2 Å². The quantitative estimate of drug-likeness (QED) is 0.761. The van der Waals surface area contributed by atoms with Crippen LogP contribution in [-0.4, -0.2) is 13.1 Å². The van der Waals surface area contributed by atoms with Gasteiger partial charge < -0.3 is 11.5 Å². The average molecular weight is 250 g/mol. The van der Waals surface area contributed by atoms with Crippen molar-refractivity contribution >= 4 is 0 Å². The summed E-state index contributed by atoms with van der Waals surface area (Å²) in [6, 6.07) is 0. The largest absolute Gasteiger partial charge is 0.330 e. The topological polar surface area (TPSA) is 52.0 Å². The summed E-state index contributed by atoms with van der Waals surface area (Å²) >= 11 is 0. The summed E-state index contributed by atoms with van der Waals surface area (Å²) < 4.78 is 0. The Kier molecular flexibility index (Phi) is 3.44. The standard InChI is InChI=1S/C16H30N2/c17-10-2-6-15-9-5-13(12-15)14-4-1-7-16(14,15)8-3-11-18/h13-14H,1-12,17-18H2. The van der Waals surface area contributed by atoms with E-state index in [-0.39, 0.29) is 0 Å². The Balaban J connectivity index is 1.85. The summed E-state index contributed by atoms with van der Waals surface area (Å²) in [5.41, 5.74) is 13.0. The van der Waals surface area contributed by atoms with Crippen LogP contribution in [0.2, 0.25) is 0 Å². The highest BCUT2D eigenvalue weighted by molar-refractivity contribution is 5.16. The van der Waals surface area contributed by atoms with Gasteiger partial charge in [-0.05, 0) is 93.5 Å². The second kappa shape index (κ2) is 4.79. The first-order valence-electron chi connectivity index (χ1n) is 8.18. The number of fused-ring (bicyclic) bond motifs is 5. The monoisotopic (exact) mass is 250 g/mol. The Morgan fingerprint density at radius 2 is 1.72 bits per heavy atom. The molecule has 0 radical (unpaired) electrons. The zero-order valence-corrected chi connectivity index (χ0v) is 11.8. The fourth-order valence-corrected chi connectivity index (χ4v) is 6.32. The Hall–Kier alpha value is -0.0800. The molecule has 3 rings (SSSR count). The highest BCUT2D eigenvalue weighted by Crippen LogP contribution is 2.75. The molecule has 0 aromatic rings. The second-order valence-electron chi connectivity index (χ2n) is 7.22. The number of hydrogen-bond donors (Lipinski definition) is 2. The van der Waals surface area contributed by atoms with Crippen LogP contribution >= 0.6 is 0 Å². The first kappa shape index (κ1) is 12.9. The van der Waals surface area contributed by atoms with E-state index in [9.17, 15) is 0 Å². The van der Waals surface area contributed by atoms with E-state index in [1.54, 1.807) is 0 Å². The summed E-state index contributed by atoms with van der Waals surface area (Å²) in [4.78, 5) is 0. The molecule has 0 spiro atoms. The maximum Gasteiger partial charge on any atom is -0.00771 e. The van der Waals surface area contributed by atoms with Gasteiger partial charge in [0.15, 0.2) is 0 Å². The lowest BCUT2D eigenvalue weighted by Crippen LogP contribution is -2.41. The minimum Gasteiger partial charge on any atom is -0.330 e. The Labute approximate surface area is 112 Å². The van der Waals surface area contributed by atoms with Crippen LogP contribution in [0.25, 0.3) is 0 Å². The summed E-state index contributed by atoms with van der Waals surface area (Å²) in [5, 5.41) is 0. The third-order valence-electron chi connectivity index (χ3n) is 6.81. The molecule has 2 bridgehead atoms. The maximum absolute atomic E-state index is 5.81. The fourth-order valence-electron chi connectivity index (χ4n) is 6.32. The lowest BCUT2D eigenvalue weighted by molar-refractivity contribution is 0.00372. The van der Waals surface area contributed by atoms with Gasteiger partial charge in [-0.3, -0.25) is 0 Å². The molecule has 2 heteroatoms. The third-order valence-corrected chi connectivity index (χ3v) is 6.81. The zero-order chi connectivity index (χ0) is 12.6. The summed E-state index contributed by atoms with van der Waals surface area (Å²) in [6.45, 7) is 1.76. The zero-order valence-electron chi connectivity index (χ0n) is 11.8. The molecule has 0 saturated heterocycles. The van der Waals surface area contributed by atoms with E-state index < -0.39 is 0 Å². The van der Waals surface area contributed by atoms with Crippen molar-refractivity contribution in [1.82, 2.24) is 0 Å². The van der Waals surface area contributed by atoms with Crippen molar-refractivity contribution in [3.05, 3.63) is 0 Å². The first-order valence-corrected chi connectivity index (χ1v) is 8.18. The Morgan fingerprint density at radius 3 is 2.50 bits per heavy atom. The van der Waals surface area contributed by atoms with Gasteiger partial charge in [-0.1, -0.05) is 6.42 Å². The van der Waals surface area contributed by atoms with Gasteiger partial charge in [0, 0.05) is 0 Å². The summed E-state index contributed by atoms with van der Waals surface area (Å²) in [7, 11) is 0. The molecular formula is C16H30N2. The molecule has 0 aromatic carbocycles. The highest BCUT2D eigenvalue weighted by atomic mass is 14.7. The Bertz CT molecular complexity index is 303. The van der Waals surface area contributed by atoms with Gasteiger partial charge in [0.25, 0.3) is 0 Å². The molecule has 3 saturated carbocycles. The van der Waals surface area contributed by atoms with Gasteiger partial charge in [0.1, 0.15) is 0 Å². The lowest BCUT2D eigenvalue weighted by atomic mass is 9.56. The summed E-state index contributed by atoms with van der Waals surface area (Å²) in [6.07, 6.45) is 14.3. The normalized spacial score (nSPS) is 45.7. The average Bonchev–Trinajstić information content (AvgIpc) is 3.04. The number of hydrogen-bond acceptors (Lipinski definition) is 2. The van der Waals surface area contributed by atoms with Crippen molar-refractivity contribution in [2.24, 2.45) is 34.1 Å². The third kappa shape index (κ3) is 1.61.